The fourth-order valence-electron chi connectivity index (χ4n) is 1.98. The van der Waals surface area contributed by atoms with Gasteiger partial charge >= 0.3 is 12.1 Å². The summed E-state index contributed by atoms with van der Waals surface area (Å²) in [5.41, 5.74) is -1.34. The number of benzene rings is 2. The molecule has 22 heavy (non-hydrogen) atoms. The molecule has 0 amide bonds. The summed E-state index contributed by atoms with van der Waals surface area (Å²) in [4.78, 5) is 11.1. The number of carboxylic acids is 1. The minimum atomic E-state index is -4.83. The van der Waals surface area contributed by atoms with E-state index < -0.39 is 23.5 Å². The average molecular weight is 314 g/mol. The molecule has 2 aromatic rings. The van der Waals surface area contributed by atoms with Crippen LogP contribution in [0, 0.1) is 5.82 Å². The van der Waals surface area contributed by atoms with Crippen molar-refractivity contribution in [3.8, 4) is 16.9 Å². The molecule has 0 saturated heterocycles. The van der Waals surface area contributed by atoms with Gasteiger partial charge in [0.15, 0.2) is 0 Å². The van der Waals surface area contributed by atoms with E-state index in [-0.39, 0.29) is 22.4 Å². The fourth-order valence-corrected chi connectivity index (χ4v) is 1.98. The Kier molecular flexibility index (Phi) is 4.07. The van der Waals surface area contributed by atoms with Gasteiger partial charge in [-0.05, 0) is 35.4 Å². The number of carbonyl (C=O) groups is 1. The van der Waals surface area contributed by atoms with Crippen molar-refractivity contribution in [1.29, 1.82) is 0 Å². The first-order valence-electron chi connectivity index (χ1n) is 6.02. The zero-order valence-corrected chi connectivity index (χ0v) is 11.2. The van der Waals surface area contributed by atoms with E-state index in [0.717, 1.165) is 6.07 Å². The second-order valence-electron chi connectivity index (χ2n) is 4.41. The van der Waals surface area contributed by atoms with E-state index >= 15 is 0 Å². The smallest absolute Gasteiger partial charge is 0.419 e. The molecule has 0 aromatic heterocycles. The first-order chi connectivity index (χ1) is 10.2. The topological polar surface area (TPSA) is 46.5 Å². The number of hydrogen-bond donors (Lipinski definition) is 1. The molecule has 2 aromatic carbocycles. The molecule has 0 spiro atoms. The molecular weight excluding hydrogens is 304 g/mol. The van der Waals surface area contributed by atoms with E-state index in [2.05, 4.69) is 0 Å². The maximum Gasteiger partial charge on any atom is 0.419 e. The molecule has 0 radical (unpaired) electrons. The number of rotatable bonds is 3. The lowest BCUT2D eigenvalue weighted by Crippen LogP contribution is -2.08. The monoisotopic (exact) mass is 314 g/mol. The summed E-state index contributed by atoms with van der Waals surface area (Å²) in [6.45, 7) is 0. The van der Waals surface area contributed by atoms with E-state index in [1.807, 2.05) is 0 Å². The number of alkyl halides is 3. The summed E-state index contributed by atoms with van der Waals surface area (Å²) in [6, 6.07) is 6.40. The number of carboxylic acid groups (broad SMARTS) is 1. The standard InChI is InChI=1S/C15H10F4O3/c1-22-13-5-3-8(6-10(13)14(20)21)9-2-4-12(16)11(7-9)15(17,18)19/h2-7H,1H3,(H,20,21). The Morgan fingerprint density at radius 3 is 2.23 bits per heavy atom. The van der Waals surface area contributed by atoms with E-state index in [9.17, 15) is 22.4 Å². The Morgan fingerprint density at radius 2 is 1.68 bits per heavy atom. The SMILES string of the molecule is COc1ccc(-c2ccc(F)c(C(F)(F)F)c2)cc1C(=O)O. The minimum absolute atomic E-state index is 0.0545. The van der Waals surface area contributed by atoms with Crippen LogP contribution in [0.4, 0.5) is 17.6 Å². The van der Waals surface area contributed by atoms with Gasteiger partial charge in [-0.25, -0.2) is 9.18 Å². The molecule has 2 rings (SSSR count). The van der Waals surface area contributed by atoms with Crippen LogP contribution in [-0.2, 0) is 6.18 Å². The zero-order chi connectivity index (χ0) is 16.5. The van der Waals surface area contributed by atoms with Crippen molar-refractivity contribution >= 4 is 5.97 Å². The fraction of sp³-hybridized carbons (Fsp3) is 0.133. The molecule has 116 valence electrons. The lowest BCUT2D eigenvalue weighted by Gasteiger charge is -2.11. The lowest BCUT2D eigenvalue weighted by atomic mass is 10.00. The summed E-state index contributed by atoms with van der Waals surface area (Å²) < 4.78 is 56.3. The second-order valence-corrected chi connectivity index (χ2v) is 4.41. The Labute approximate surface area is 122 Å². The Morgan fingerprint density at radius 1 is 1.09 bits per heavy atom. The zero-order valence-electron chi connectivity index (χ0n) is 11.2. The second kappa shape index (κ2) is 5.67. The van der Waals surface area contributed by atoms with Crippen molar-refractivity contribution in [2.45, 2.75) is 6.18 Å². The van der Waals surface area contributed by atoms with Gasteiger partial charge in [-0.15, -0.1) is 0 Å². The first kappa shape index (κ1) is 15.8. The molecule has 0 heterocycles. The number of aromatic carboxylic acids is 1. The molecule has 1 N–H and O–H groups in total. The van der Waals surface area contributed by atoms with E-state index in [4.69, 9.17) is 9.84 Å². The van der Waals surface area contributed by atoms with Gasteiger partial charge in [0.2, 0.25) is 0 Å². The van der Waals surface area contributed by atoms with Crippen LogP contribution in [0.2, 0.25) is 0 Å². The summed E-state index contributed by atoms with van der Waals surface area (Å²) in [6.07, 6.45) is -4.83. The number of halogens is 4. The Hall–Kier alpha value is -2.57. The van der Waals surface area contributed by atoms with Gasteiger partial charge in [0.25, 0.3) is 0 Å². The molecule has 0 aliphatic carbocycles. The maximum absolute atomic E-state index is 13.3. The largest absolute Gasteiger partial charge is 0.496 e. The van der Waals surface area contributed by atoms with Crippen molar-refractivity contribution in [3.63, 3.8) is 0 Å². The summed E-state index contributed by atoms with van der Waals surface area (Å²) in [5, 5.41) is 9.08. The summed E-state index contributed by atoms with van der Waals surface area (Å²) in [7, 11) is 1.28. The third-order valence-electron chi connectivity index (χ3n) is 3.03. The Bertz CT molecular complexity index is 723. The molecule has 0 aliphatic heterocycles. The van der Waals surface area contributed by atoms with Gasteiger partial charge in [0, 0.05) is 0 Å². The van der Waals surface area contributed by atoms with Crippen LogP contribution >= 0.6 is 0 Å². The number of methoxy groups -OCH3 is 1. The molecule has 3 nitrogen and oxygen atoms in total. The van der Waals surface area contributed by atoms with Crippen LogP contribution in [0.5, 0.6) is 5.75 Å². The van der Waals surface area contributed by atoms with Gasteiger partial charge in [-0.1, -0.05) is 12.1 Å². The molecule has 0 bridgehead atoms. The van der Waals surface area contributed by atoms with E-state index in [1.54, 1.807) is 0 Å². The Balaban J connectivity index is 2.58. The van der Waals surface area contributed by atoms with Gasteiger partial charge in [-0.3, -0.25) is 0 Å². The van der Waals surface area contributed by atoms with Crippen LogP contribution in [0.3, 0.4) is 0 Å². The van der Waals surface area contributed by atoms with Crippen LogP contribution < -0.4 is 4.74 Å². The number of hydrogen-bond acceptors (Lipinski definition) is 2. The van der Waals surface area contributed by atoms with Crippen molar-refractivity contribution in [3.05, 3.63) is 53.3 Å². The molecular formula is C15H10F4O3. The molecule has 0 atom stereocenters. The van der Waals surface area contributed by atoms with Crippen molar-refractivity contribution in [2.75, 3.05) is 7.11 Å². The van der Waals surface area contributed by atoms with Crippen LogP contribution in [0.25, 0.3) is 11.1 Å². The van der Waals surface area contributed by atoms with Crippen molar-refractivity contribution in [2.24, 2.45) is 0 Å². The third-order valence-corrected chi connectivity index (χ3v) is 3.03. The predicted molar refractivity (Wildman–Crippen MR) is 70.3 cm³/mol. The minimum Gasteiger partial charge on any atom is -0.496 e. The highest BCUT2D eigenvalue weighted by atomic mass is 19.4. The molecule has 0 aliphatic rings. The highest BCUT2D eigenvalue weighted by Crippen LogP contribution is 2.35. The molecule has 0 saturated carbocycles. The van der Waals surface area contributed by atoms with Gasteiger partial charge in [-0.2, -0.15) is 13.2 Å². The van der Waals surface area contributed by atoms with Gasteiger partial charge in [0.05, 0.1) is 12.7 Å². The maximum atomic E-state index is 13.3. The summed E-state index contributed by atoms with van der Waals surface area (Å²) in [5.74, 6) is -2.59. The lowest BCUT2D eigenvalue weighted by molar-refractivity contribution is -0.139. The molecule has 7 heteroatoms. The molecule has 0 fully saturated rings. The number of ether oxygens (including phenoxy) is 1. The van der Waals surface area contributed by atoms with Crippen molar-refractivity contribution < 1.29 is 32.2 Å². The average Bonchev–Trinajstić information content (AvgIpc) is 2.45. The van der Waals surface area contributed by atoms with Gasteiger partial charge < -0.3 is 9.84 Å². The third kappa shape index (κ3) is 3.03. The normalized spacial score (nSPS) is 11.3. The highest BCUT2D eigenvalue weighted by Gasteiger charge is 2.34. The van der Waals surface area contributed by atoms with E-state index in [1.165, 1.54) is 25.3 Å². The van der Waals surface area contributed by atoms with E-state index in [0.29, 0.717) is 12.1 Å². The van der Waals surface area contributed by atoms with Crippen LogP contribution in [0.15, 0.2) is 36.4 Å². The molecule has 0 unspecified atom stereocenters. The predicted octanol–water partition coefficient (Wildman–Crippen LogP) is 4.22. The first-order valence-corrected chi connectivity index (χ1v) is 6.02. The van der Waals surface area contributed by atoms with Crippen molar-refractivity contribution in [1.82, 2.24) is 0 Å². The van der Waals surface area contributed by atoms with Gasteiger partial charge in [0.1, 0.15) is 17.1 Å². The van der Waals surface area contributed by atoms with Crippen LogP contribution in [0.1, 0.15) is 15.9 Å². The highest BCUT2D eigenvalue weighted by molar-refractivity contribution is 5.92. The van der Waals surface area contributed by atoms with Crippen LogP contribution in [-0.4, -0.2) is 18.2 Å². The summed E-state index contributed by atoms with van der Waals surface area (Å²) >= 11 is 0. The quantitative estimate of drug-likeness (QED) is 0.863.